The second kappa shape index (κ2) is 10.8. The van der Waals surface area contributed by atoms with Gasteiger partial charge in [-0.3, -0.25) is 9.69 Å². The van der Waals surface area contributed by atoms with Crippen molar-refractivity contribution < 1.29 is 4.79 Å². The number of aromatic nitrogens is 2. The smallest absolute Gasteiger partial charge is 0.225 e. The summed E-state index contributed by atoms with van der Waals surface area (Å²) >= 11 is 0. The molecule has 1 aromatic rings. The van der Waals surface area contributed by atoms with Crippen LogP contribution in [-0.2, 0) is 4.79 Å². The number of carbonyl (C=O) groups is 1. The minimum absolute atomic E-state index is 0.193. The van der Waals surface area contributed by atoms with Crippen molar-refractivity contribution in [1.82, 2.24) is 19.8 Å². The maximum Gasteiger partial charge on any atom is 0.225 e. The molecule has 4 aliphatic rings. The van der Waals surface area contributed by atoms with Crippen LogP contribution in [0.2, 0.25) is 0 Å². The number of ketones is 1. The second-order valence-electron chi connectivity index (χ2n) is 12.5. The van der Waals surface area contributed by atoms with Gasteiger partial charge in [-0.1, -0.05) is 13.8 Å². The summed E-state index contributed by atoms with van der Waals surface area (Å²) in [6, 6.07) is 1.77. The average Bonchev–Trinajstić information content (AvgIpc) is 3.13. The van der Waals surface area contributed by atoms with Gasteiger partial charge in [-0.15, -0.1) is 0 Å². The van der Waals surface area contributed by atoms with Crippen LogP contribution >= 0.6 is 0 Å². The zero-order valence-corrected chi connectivity index (χ0v) is 22.5. The molecule has 5 rings (SSSR count). The molecule has 0 radical (unpaired) electrons. The van der Waals surface area contributed by atoms with Crippen molar-refractivity contribution in [1.29, 1.82) is 0 Å². The van der Waals surface area contributed by atoms with Crippen molar-refractivity contribution in [3.05, 3.63) is 18.0 Å². The van der Waals surface area contributed by atoms with Crippen LogP contribution in [0.3, 0.4) is 0 Å². The van der Waals surface area contributed by atoms with Crippen LogP contribution < -0.4 is 4.90 Å². The van der Waals surface area contributed by atoms with Crippen LogP contribution in [0.15, 0.2) is 12.4 Å². The summed E-state index contributed by atoms with van der Waals surface area (Å²) in [5.41, 5.74) is 1.33. The molecule has 6 heteroatoms. The molecule has 0 N–H and O–H groups in total. The second-order valence-corrected chi connectivity index (χ2v) is 12.5. The summed E-state index contributed by atoms with van der Waals surface area (Å²) in [5.74, 6) is 3.33. The van der Waals surface area contributed by atoms with Crippen molar-refractivity contribution in [2.45, 2.75) is 103 Å². The van der Waals surface area contributed by atoms with Gasteiger partial charge in [0, 0.05) is 62.0 Å². The molecule has 2 unspecified atom stereocenters. The Labute approximate surface area is 212 Å². The maximum atomic E-state index is 12.3. The lowest BCUT2D eigenvalue weighted by Gasteiger charge is -2.42. The number of piperazine rings is 1. The van der Waals surface area contributed by atoms with E-state index in [0.29, 0.717) is 35.7 Å². The zero-order chi connectivity index (χ0) is 24.5. The molecule has 4 heterocycles. The van der Waals surface area contributed by atoms with Crippen molar-refractivity contribution in [3.8, 4) is 0 Å². The third kappa shape index (κ3) is 5.58. The Balaban J connectivity index is 1.09. The highest BCUT2D eigenvalue weighted by molar-refractivity contribution is 5.82. The number of carbonyl (C=O) groups excluding carboxylic acids is 1. The molecule has 0 amide bonds. The number of hydrogen-bond acceptors (Lipinski definition) is 6. The predicted octanol–water partition coefficient (Wildman–Crippen LogP) is 4.75. The van der Waals surface area contributed by atoms with Crippen LogP contribution in [0.1, 0.15) is 90.5 Å². The first kappa shape index (κ1) is 25.1. The van der Waals surface area contributed by atoms with E-state index < -0.39 is 0 Å². The van der Waals surface area contributed by atoms with Crippen LogP contribution in [0.5, 0.6) is 0 Å². The normalized spacial score (nSPS) is 31.0. The van der Waals surface area contributed by atoms with Gasteiger partial charge in [-0.25, -0.2) is 9.97 Å². The largest absolute Gasteiger partial charge is 0.332 e. The van der Waals surface area contributed by atoms with E-state index in [-0.39, 0.29) is 5.92 Å². The molecule has 4 fully saturated rings. The molecule has 0 aromatic carbocycles. The van der Waals surface area contributed by atoms with Crippen molar-refractivity contribution in [2.75, 3.05) is 37.6 Å². The molecule has 3 aliphatic heterocycles. The molecular weight excluding hydrogens is 434 g/mol. The number of rotatable bonds is 7. The summed E-state index contributed by atoms with van der Waals surface area (Å²) in [7, 11) is 0. The molecule has 1 saturated carbocycles. The quantitative estimate of drug-likeness (QED) is 0.560. The average molecular weight is 482 g/mol. The minimum Gasteiger partial charge on any atom is -0.332 e. The maximum absolute atomic E-state index is 12.3. The highest BCUT2D eigenvalue weighted by atomic mass is 16.1. The fourth-order valence-electron chi connectivity index (χ4n) is 7.27. The van der Waals surface area contributed by atoms with Gasteiger partial charge < -0.3 is 9.80 Å². The summed E-state index contributed by atoms with van der Waals surface area (Å²) in [5, 5.41) is 0. The van der Waals surface area contributed by atoms with Gasteiger partial charge in [0.1, 0.15) is 5.78 Å². The minimum atomic E-state index is 0.193. The van der Waals surface area contributed by atoms with Gasteiger partial charge in [0.2, 0.25) is 5.95 Å². The molecule has 1 aromatic heterocycles. The van der Waals surface area contributed by atoms with Gasteiger partial charge >= 0.3 is 0 Å². The Kier molecular flexibility index (Phi) is 7.78. The van der Waals surface area contributed by atoms with Crippen molar-refractivity contribution >= 4 is 11.7 Å². The number of piperidine rings is 1. The van der Waals surface area contributed by atoms with Crippen molar-refractivity contribution in [2.24, 2.45) is 17.8 Å². The molecule has 35 heavy (non-hydrogen) atoms. The van der Waals surface area contributed by atoms with Crippen LogP contribution in [0.25, 0.3) is 0 Å². The van der Waals surface area contributed by atoms with Crippen molar-refractivity contribution in [3.63, 3.8) is 0 Å². The number of Topliss-reactive ketones (excluding diaryl/α,β-unsaturated/α-hetero) is 1. The molecule has 194 valence electrons. The van der Waals surface area contributed by atoms with Gasteiger partial charge in [0.05, 0.1) is 0 Å². The number of anilines is 1. The third-order valence-electron chi connectivity index (χ3n) is 9.52. The Bertz CT molecular complexity index is 825. The molecule has 1 aliphatic carbocycles. The Hall–Kier alpha value is -1.53. The fourth-order valence-corrected chi connectivity index (χ4v) is 7.27. The summed E-state index contributed by atoms with van der Waals surface area (Å²) < 4.78 is 0. The zero-order valence-electron chi connectivity index (χ0n) is 22.5. The first-order valence-electron chi connectivity index (χ1n) is 14.5. The van der Waals surface area contributed by atoms with E-state index in [1.165, 1.54) is 63.7 Å². The summed E-state index contributed by atoms with van der Waals surface area (Å²) in [6.45, 7) is 14.6. The van der Waals surface area contributed by atoms with Gasteiger partial charge in [-0.05, 0) is 95.7 Å². The SMILES string of the molecule is CC(C)C(=O)C1CCC(CN2CCC(c3cnc(N4C5CCC4CN(C(C)C)C5)nc3)CC2)CC1. The fraction of sp³-hybridized carbons (Fsp3) is 0.828. The molecule has 2 bridgehead atoms. The Morgan fingerprint density at radius 2 is 1.49 bits per heavy atom. The molecule has 3 saturated heterocycles. The van der Waals surface area contributed by atoms with E-state index in [4.69, 9.17) is 9.97 Å². The van der Waals surface area contributed by atoms with E-state index >= 15 is 0 Å². The highest BCUT2D eigenvalue weighted by Gasteiger charge is 2.41. The van der Waals surface area contributed by atoms with Crippen LogP contribution in [0.4, 0.5) is 5.95 Å². The molecule has 0 spiro atoms. The molecule has 6 nitrogen and oxygen atoms in total. The topological polar surface area (TPSA) is 52.6 Å². The number of hydrogen-bond donors (Lipinski definition) is 0. The standard InChI is InChI=1S/C29H47N5O/c1-20(2)28(35)24-7-5-22(6-8-24)17-32-13-11-23(12-14-32)25-15-30-29(31-16-25)34-26-9-10-27(34)19-33(18-26)21(3)4/h15-16,20-24,26-27H,5-14,17-19H2,1-4H3. The molecular formula is C29H47N5O. The Morgan fingerprint density at radius 3 is 2.03 bits per heavy atom. The first-order valence-corrected chi connectivity index (χ1v) is 14.5. The van der Waals surface area contributed by atoms with Crippen LogP contribution in [-0.4, -0.2) is 76.4 Å². The van der Waals surface area contributed by atoms with E-state index in [1.807, 2.05) is 0 Å². The van der Waals surface area contributed by atoms with E-state index in [0.717, 1.165) is 37.8 Å². The lowest BCUT2D eigenvalue weighted by atomic mass is 9.77. The lowest BCUT2D eigenvalue weighted by Crippen LogP contribution is -2.56. The first-order chi connectivity index (χ1) is 16.9. The van der Waals surface area contributed by atoms with E-state index in [9.17, 15) is 4.79 Å². The lowest BCUT2D eigenvalue weighted by molar-refractivity contribution is -0.127. The summed E-state index contributed by atoms with van der Waals surface area (Å²) in [6.07, 6.45) is 13.9. The van der Waals surface area contributed by atoms with E-state index in [1.54, 1.807) is 0 Å². The van der Waals surface area contributed by atoms with Gasteiger partial charge in [0.15, 0.2) is 0 Å². The molecule has 2 atom stereocenters. The monoisotopic (exact) mass is 481 g/mol. The van der Waals surface area contributed by atoms with Gasteiger partial charge in [-0.2, -0.15) is 0 Å². The summed E-state index contributed by atoms with van der Waals surface area (Å²) in [4.78, 5) is 29.9. The van der Waals surface area contributed by atoms with Gasteiger partial charge in [0.25, 0.3) is 0 Å². The predicted molar refractivity (Wildman–Crippen MR) is 142 cm³/mol. The van der Waals surface area contributed by atoms with Crippen LogP contribution in [0, 0.1) is 17.8 Å². The number of likely N-dealkylation sites (tertiary alicyclic amines) is 2. The Morgan fingerprint density at radius 1 is 0.886 bits per heavy atom. The number of fused-ring (bicyclic) bond motifs is 2. The number of nitrogens with zero attached hydrogens (tertiary/aromatic N) is 5. The third-order valence-corrected chi connectivity index (χ3v) is 9.52. The van der Waals surface area contributed by atoms with E-state index in [2.05, 4.69) is 54.8 Å². The highest BCUT2D eigenvalue weighted by Crippen LogP contribution is 2.36.